The lowest BCUT2D eigenvalue weighted by atomic mass is 10.2. The van der Waals surface area contributed by atoms with E-state index in [1.165, 1.54) is 29.1 Å². The molecule has 0 aromatic carbocycles. The highest BCUT2D eigenvalue weighted by atomic mass is 32.1. The van der Waals surface area contributed by atoms with Crippen LogP contribution in [0, 0.1) is 17.0 Å². The zero-order valence-corrected chi connectivity index (χ0v) is 13.8. The number of ether oxygens (including phenoxy) is 1. The van der Waals surface area contributed by atoms with Gasteiger partial charge in [0.15, 0.2) is 0 Å². The van der Waals surface area contributed by atoms with E-state index >= 15 is 0 Å². The number of thiophene rings is 1. The quantitative estimate of drug-likeness (QED) is 0.495. The van der Waals surface area contributed by atoms with E-state index in [1.54, 1.807) is 11.3 Å². The third-order valence-electron chi connectivity index (χ3n) is 3.17. The molecule has 1 atom stereocenters. The Morgan fingerprint density at radius 3 is 2.83 bits per heavy atom. The molecule has 23 heavy (non-hydrogen) atoms. The third-order valence-corrected chi connectivity index (χ3v) is 4.19. The van der Waals surface area contributed by atoms with Gasteiger partial charge in [-0.2, -0.15) is 0 Å². The minimum atomic E-state index is -0.658. The molecule has 2 aromatic heterocycles. The topological polar surface area (TPSA) is 94.4 Å². The number of aryl methyl sites for hydroxylation is 1. The third kappa shape index (κ3) is 4.26. The van der Waals surface area contributed by atoms with Crippen molar-refractivity contribution in [2.45, 2.75) is 26.3 Å². The number of carbonyl (C=O) groups excluding carboxylic acids is 1. The van der Waals surface area contributed by atoms with Crippen molar-refractivity contribution in [3.05, 3.63) is 49.8 Å². The Hall–Kier alpha value is -2.48. The number of anilines is 1. The minimum Gasteiger partial charge on any atom is -0.465 e. The van der Waals surface area contributed by atoms with Crippen molar-refractivity contribution in [2.24, 2.45) is 0 Å². The molecule has 0 saturated heterocycles. The highest BCUT2D eigenvalue weighted by Crippen LogP contribution is 2.25. The molecule has 2 aromatic rings. The average Bonchev–Trinajstić information content (AvgIpc) is 2.91. The normalized spacial score (nSPS) is 11.8. The summed E-state index contributed by atoms with van der Waals surface area (Å²) in [6, 6.07) is 5.21. The Balaban J connectivity index is 2.17. The molecule has 2 heterocycles. The number of carbonyl (C=O) groups is 1. The zero-order chi connectivity index (χ0) is 17.0. The molecule has 0 bridgehead atoms. The predicted molar refractivity (Wildman–Crippen MR) is 88.1 cm³/mol. The summed E-state index contributed by atoms with van der Waals surface area (Å²) < 4.78 is 4.55. The van der Waals surface area contributed by atoms with Crippen LogP contribution in [0.5, 0.6) is 0 Å². The molecular formula is C15H17N3O4S. The van der Waals surface area contributed by atoms with Crippen molar-refractivity contribution in [2.75, 3.05) is 12.4 Å². The van der Waals surface area contributed by atoms with Crippen molar-refractivity contribution in [3.8, 4) is 0 Å². The van der Waals surface area contributed by atoms with Gasteiger partial charge in [-0.05, 0) is 26.0 Å². The minimum absolute atomic E-state index is 0.0387. The number of rotatable bonds is 6. The molecule has 7 nitrogen and oxygen atoms in total. The van der Waals surface area contributed by atoms with E-state index in [0.29, 0.717) is 0 Å². The number of nitro groups is 1. The van der Waals surface area contributed by atoms with Crippen LogP contribution in [-0.4, -0.2) is 29.0 Å². The summed E-state index contributed by atoms with van der Waals surface area (Å²) in [6.45, 7) is 3.96. The Bertz CT molecular complexity index is 729. The zero-order valence-electron chi connectivity index (χ0n) is 13.0. The molecule has 0 saturated carbocycles. The number of nitrogens with one attached hydrogen (secondary N) is 1. The number of hydrogen-bond acceptors (Lipinski definition) is 7. The molecule has 0 aliphatic rings. The molecular weight excluding hydrogens is 318 g/mol. The number of nitrogens with zero attached hydrogens (tertiary/aromatic N) is 2. The molecule has 0 aliphatic heterocycles. The molecule has 0 spiro atoms. The first-order valence-corrected chi connectivity index (χ1v) is 7.77. The maximum atomic E-state index is 11.5. The lowest BCUT2D eigenvalue weighted by Crippen LogP contribution is -2.19. The maximum Gasteiger partial charge on any atom is 0.339 e. The molecule has 0 amide bonds. The number of esters is 1. The fourth-order valence-electron chi connectivity index (χ4n) is 2.11. The van der Waals surface area contributed by atoms with Crippen molar-refractivity contribution in [1.82, 2.24) is 4.98 Å². The molecule has 0 aliphatic carbocycles. The van der Waals surface area contributed by atoms with E-state index in [4.69, 9.17) is 0 Å². The molecule has 0 radical (unpaired) electrons. The number of methoxy groups -OCH3 is 1. The van der Waals surface area contributed by atoms with Gasteiger partial charge in [-0.1, -0.05) is 0 Å². The summed E-state index contributed by atoms with van der Waals surface area (Å²) in [7, 11) is 1.21. The Kier molecular flexibility index (Phi) is 5.28. The standard InChI is InChI=1S/C15H17N3O4S/c1-9(6-12-5-4-10(2)23-12)17-14-13(18(20)21)7-11(8-16-14)15(19)22-3/h4-5,7-9H,6H2,1-3H3,(H,16,17). The summed E-state index contributed by atoms with van der Waals surface area (Å²) in [6.07, 6.45) is 2.00. The predicted octanol–water partition coefficient (Wildman–Crippen LogP) is 3.19. The van der Waals surface area contributed by atoms with Crippen molar-refractivity contribution in [1.29, 1.82) is 0 Å². The summed E-state index contributed by atoms with van der Waals surface area (Å²) in [4.78, 5) is 28.5. The number of hydrogen-bond donors (Lipinski definition) is 1. The maximum absolute atomic E-state index is 11.5. The van der Waals surface area contributed by atoms with Crippen LogP contribution in [0.2, 0.25) is 0 Å². The highest BCUT2D eigenvalue weighted by Gasteiger charge is 2.21. The first-order valence-electron chi connectivity index (χ1n) is 6.95. The van der Waals surface area contributed by atoms with Gasteiger partial charge in [0.1, 0.15) is 0 Å². The van der Waals surface area contributed by atoms with Crippen LogP contribution in [0.3, 0.4) is 0 Å². The Morgan fingerprint density at radius 1 is 1.52 bits per heavy atom. The van der Waals surface area contributed by atoms with E-state index in [2.05, 4.69) is 15.0 Å². The number of aromatic nitrogens is 1. The summed E-state index contributed by atoms with van der Waals surface area (Å²) >= 11 is 1.69. The van der Waals surface area contributed by atoms with E-state index in [-0.39, 0.29) is 23.1 Å². The van der Waals surface area contributed by atoms with Gasteiger partial charge >= 0.3 is 11.7 Å². The van der Waals surface area contributed by atoms with E-state index in [9.17, 15) is 14.9 Å². The first kappa shape index (κ1) is 16.9. The van der Waals surface area contributed by atoms with Gasteiger partial charge in [-0.3, -0.25) is 10.1 Å². The van der Waals surface area contributed by atoms with Gasteiger partial charge in [0.25, 0.3) is 0 Å². The van der Waals surface area contributed by atoms with Gasteiger partial charge in [0.05, 0.1) is 17.6 Å². The smallest absolute Gasteiger partial charge is 0.339 e. The van der Waals surface area contributed by atoms with Crippen LogP contribution < -0.4 is 5.32 Å². The van der Waals surface area contributed by atoms with Gasteiger partial charge in [0, 0.05) is 34.5 Å². The van der Waals surface area contributed by atoms with Gasteiger partial charge in [-0.25, -0.2) is 9.78 Å². The van der Waals surface area contributed by atoms with Crippen LogP contribution in [0.1, 0.15) is 27.0 Å². The Labute approximate surface area is 137 Å². The number of pyridine rings is 1. The van der Waals surface area contributed by atoms with Crippen molar-refractivity contribution in [3.63, 3.8) is 0 Å². The van der Waals surface area contributed by atoms with E-state index in [1.807, 2.05) is 26.0 Å². The lowest BCUT2D eigenvalue weighted by Gasteiger charge is -2.14. The fraction of sp³-hybridized carbons (Fsp3) is 0.333. The van der Waals surface area contributed by atoms with Crippen LogP contribution in [-0.2, 0) is 11.2 Å². The highest BCUT2D eigenvalue weighted by molar-refractivity contribution is 7.11. The van der Waals surface area contributed by atoms with Gasteiger partial charge in [0.2, 0.25) is 5.82 Å². The molecule has 2 rings (SSSR count). The Morgan fingerprint density at radius 2 is 2.26 bits per heavy atom. The SMILES string of the molecule is COC(=O)c1cnc(NC(C)Cc2ccc(C)s2)c([N+](=O)[O-])c1. The van der Waals surface area contributed by atoms with Gasteiger partial charge < -0.3 is 10.1 Å². The van der Waals surface area contributed by atoms with Gasteiger partial charge in [-0.15, -0.1) is 11.3 Å². The second kappa shape index (κ2) is 7.19. The largest absolute Gasteiger partial charge is 0.465 e. The lowest BCUT2D eigenvalue weighted by molar-refractivity contribution is -0.384. The molecule has 122 valence electrons. The van der Waals surface area contributed by atoms with Crippen LogP contribution in [0.4, 0.5) is 11.5 Å². The summed E-state index contributed by atoms with van der Waals surface area (Å²) in [5.74, 6) is -0.516. The summed E-state index contributed by atoms with van der Waals surface area (Å²) in [5.41, 5.74) is -0.201. The van der Waals surface area contributed by atoms with E-state index in [0.717, 1.165) is 6.42 Å². The molecule has 1 N–H and O–H groups in total. The monoisotopic (exact) mass is 335 g/mol. The molecule has 1 unspecified atom stereocenters. The molecule has 8 heteroatoms. The molecule has 0 fully saturated rings. The van der Waals surface area contributed by atoms with Crippen molar-refractivity contribution >= 4 is 28.8 Å². The van der Waals surface area contributed by atoms with Crippen molar-refractivity contribution < 1.29 is 14.5 Å². The van der Waals surface area contributed by atoms with E-state index < -0.39 is 10.9 Å². The first-order chi connectivity index (χ1) is 10.9. The summed E-state index contributed by atoms with van der Waals surface area (Å²) in [5, 5.41) is 14.2. The second-order valence-electron chi connectivity index (χ2n) is 5.10. The van der Waals surface area contributed by atoms with Crippen LogP contribution in [0.25, 0.3) is 0 Å². The van der Waals surface area contributed by atoms with Crippen LogP contribution in [0.15, 0.2) is 24.4 Å². The second-order valence-corrected chi connectivity index (χ2v) is 6.47. The average molecular weight is 335 g/mol. The fourth-order valence-corrected chi connectivity index (χ4v) is 3.13. The van der Waals surface area contributed by atoms with Crippen LogP contribution >= 0.6 is 11.3 Å².